The molecule has 0 bridgehead atoms. The largest absolute Gasteiger partial charge is 0.504 e. The summed E-state index contributed by atoms with van der Waals surface area (Å²) in [4.78, 5) is 11.8. The van der Waals surface area contributed by atoms with Crippen molar-refractivity contribution in [2.24, 2.45) is 7.05 Å². The van der Waals surface area contributed by atoms with E-state index >= 15 is 0 Å². The molecular weight excluding hydrogens is 277 g/mol. The maximum absolute atomic E-state index is 11.8. The molecule has 1 aromatic heterocycles. The van der Waals surface area contributed by atoms with Gasteiger partial charge < -0.3 is 10.4 Å². The number of aromatic nitrogens is 2. The predicted octanol–water partition coefficient (Wildman–Crippen LogP) is 2.68. The van der Waals surface area contributed by atoms with Gasteiger partial charge in [0.25, 0.3) is 5.91 Å². The van der Waals surface area contributed by atoms with Gasteiger partial charge in [-0.05, 0) is 12.1 Å². The molecule has 0 saturated carbocycles. The Kier molecular flexibility index (Phi) is 3.45. The second-order valence-corrected chi connectivity index (χ2v) is 4.48. The summed E-state index contributed by atoms with van der Waals surface area (Å²) in [5, 5.41) is 16.5. The molecule has 7 heteroatoms. The van der Waals surface area contributed by atoms with Crippen LogP contribution in [0.4, 0.5) is 5.69 Å². The number of phenols is 1. The number of anilines is 1. The van der Waals surface area contributed by atoms with Crippen molar-refractivity contribution in [3.8, 4) is 5.75 Å². The average Bonchev–Trinajstić information content (AvgIpc) is 2.72. The molecule has 0 spiro atoms. The lowest BCUT2D eigenvalue weighted by atomic mass is 10.2. The molecule has 18 heavy (non-hydrogen) atoms. The molecule has 1 aromatic carbocycles. The first-order valence-electron chi connectivity index (χ1n) is 4.95. The third-order valence-corrected chi connectivity index (χ3v) is 2.75. The number of nitrogens with one attached hydrogen (secondary N) is 1. The number of benzene rings is 1. The molecule has 1 heterocycles. The van der Waals surface area contributed by atoms with E-state index in [9.17, 15) is 9.90 Å². The minimum Gasteiger partial charge on any atom is -0.504 e. The quantitative estimate of drug-likeness (QED) is 0.834. The highest BCUT2D eigenvalue weighted by molar-refractivity contribution is 6.36. The SMILES string of the molecule is Cn1cc(C(=O)Nc2cc(Cl)cc(Cl)c2O)cn1. The molecule has 2 aromatic rings. The van der Waals surface area contributed by atoms with E-state index in [0.29, 0.717) is 10.6 Å². The van der Waals surface area contributed by atoms with Gasteiger partial charge >= 0.3 is 0 Å². The fraction of sp³-hybridized carbons (Fsp3) is 0.0909. The first-order chi connectivity index (χ1) is 8.47. The number of nitrogens with zero attached hydrogens (tertiary/aromatic N) is 2. The molecule has 0 unspecified atom stereocenters. The van der Waals surface area contributed by atoms with E-state index in [1.165, 1.54) is 23.0 Å². The Bertz CT molecular complexity index is 610. The lowest BCUT2D eigenvalue weighted by Crippen LogP contribution is -2.11. The van der Waals surface area contributed by atoms with Crippen LogP contribution in [0.2, 0.25) is 10.0 Å². The van der Waals surface area contributed by atoms with Gasteiger partial charge in [0.2, 0.25) is 0 Å². The number of hydrogen-bond donors (Lipinski definition) is 2. The Labute approximate surface area is 113 Å². The van der Waals surface area contributed by atoms with Crippen molar-refractivity contribution >= 4 is 34.8 Å². The van der Waals surface area contributed by atoms with Crippen molar-refractivity contribution in [2.45, 2.75) is 0 Å². The number of aryl methyl sites for hydroxylation is 1. The Morgan fingerprint density at radius 3 is 2.78 bits per heavy atom. The van der Waals surface area contributed by atoms with Crippen LogP contribution in [0.15, 0.2) is 24.5 Å². The third kappa shape index (κ3) is 2.57. The molecule has 94 valence electrons. The van der Waals surface area contributed by atoms with Gasteiger partial charge in [-0.15, -0.1) is 0 Å². The number of amides is 1. The smallest absolute Gasteiger partial charge is 0.258 e. The zero-order chi connectivity index (χ0) is 13.3. The van der Waals surface area contributed by atoms with Gasteiger partial charge in [-0.1, -0.05) is 23.2 Å². The van der Waals surface area contributed by atoms with Crippen LogP contribution >= 0.6 is 23.2 Å². The number of hydrogen-bond acceptors (Lipinski definition) is 3. The highest BCUT2D eigenvalue weighted by Crippen LogP contribution is 2.35. The molecule has 0 radical (unpaired) electrons. The molecule has 5 nitrogen and oxygen atoms in total. The summed E-state index contributed by atoms with van der Waals surface area (Å²) in [5.74, 6) is -0.630. The first kappa shape index (κ1) is 12.7. The summed E-state index contributed by atoms with van der Waals surface area (Å²) in [7, 11) is 1.70. The first-order valence-corrected chi connectivity index (χ1v) is 5.71. The standard InChI is InChI=1S/C11H9Cl2N3O2/c1-16-5-6(4-14-16)11(18)15-9-3-7(12)2-8(13)10(9)17/h2-5,17H,1H3,(H,15,18). The van der Waals surface area contributed by atoms with Gasteiger partial charge in [0.15, 0.2) is 5.75 Å². The minimum atomic E-state index is -0.406. The maximum atomic E-state index is 11.8. The van der Waals surface area contributed by atoms with Crippen molar-refractivity contribution in [1.29, 1.82) is 0 Å². The third-order valence-electron chi connectivity index (χ3n) is 2.24. The van der Waals surface area contributed by atoms with Crippen molar-refractivity contribution in [2.75, 3.05) is 5.32 Å². The van der Waals surface area contributed by atoms with Crippen LogP contribution in [-0.2, 0) is 7.05 Å². The number of carbonyl (C=O) groups is 1. The number of rotatable bonds is 2. The highest BCUT2D eigenvalue weighted by Gasteiger charge is 2.13. The van der Waals surface area contributed by atoms with Gasteiger partial charge in [0.1, 0.15) is 0 Å². The van der Waals surface area contributed by atoms with Crippen LogP contribution < -0.4 is 5.32 Å². The molecular formula is C11H9Cl2N3O2. The van der Waals surface area contributed by atoms with Crippen LogP contribution in [0.5, 0.6) is 5.75 Å². The van der Waals surface area contributed by atoms with Gasteiger partial charge in [0.05, 0.1) is 22.5 Å². The fourth-order valence-corrected chi connectivity index (χ4v) is 1.89. The molecule has 0 aliphatic rings. The zero-order valence-corrected chi connectivity index (χ0v) is 10.8. The van der Waals surface area contributed by atoms with Gasteiger partial charge in [-0.3, -0.25) is 9.48 Å². The monoisotopic (exact) mass is 285 g/mol. The van der Waals surface area contributed by atoms with E-state index < -0.39 is 5.91 Å². The molecule has 2 rings (SSSR count). The Morgan fingerprint density at radius 1 is 1.44 bits per heavy atom. The van der Waals surface area contributed by atoms with Crippen LogP contribution in [0.25, 0.3) is 0 Å². The van der Waals surface area contributed by atoms with E-state index in [-0.39, 0.29) is 16.5 Å². The lowest BCUT2D eigenvalue weighted by Gasteiger charge is -2.08. The number of halogens is 2. The highest BCUT2D eigenvalue weighted by atomic mass is 35.5. The number of aromatic hydroxyl groups is 1. The van der Waals surface area contributed by atoms with Crippen molar-refractivity contribution < 1.29 is 9.90 Å². The summed E-state index contributed by atoms with van der Waals surface area (Å²) >= 11 is 11.5. The Balaban J connectivity index is 2.27. The Morgan fingerprint density at radius 2 is 2.17 bits per heavy atom. The molecule has 0 saturated heterocycles. The number of phenolic OH excluding ortho intramolecular Hbond substituents is 1. The summed E-state index contributed by atoms with van der Waals surface area (Å²) in [6, 6.07) is 2.80. The van der Waals surface area contributed by atoms with Crippen LogP contribution in [0, 0.1) is 0 Å². The van der Waals surface area contributed by atoms with Crippen molar-refractivity contribution in [3.63, 3.8) is 0 Å². The van der Waals surface area contributed by atoms with Crippen LogP contribution in [0.1, 0.15) is 10.4 Å². The van der Waals surface area contributed by atoms with E-state index in [1.54, 1.807) is 13.2 Å². The summed E-state index contributed by atoms with van der Waals surface area (Å²) in [6.45, 7) is 0. The lowest BCUT2D eigenvalue weighted by molar-refractivity contribution is 0.102. The summed E-state index contributed by atoms with van der Waals surface area (Å²) < 4.78 is 1.50. The van der Waals surface area contributed by atoms with Gasteiger partial charge in [-0.25, -0.2) is 0 Å². The number of carbonyl (C=O) groups excluding carboxylic acids is 1. The maximum Gasteiger partial charge on any atom is 0.258 e. The van der Waals surface area contributed by atoms with E-state index in [4.69, 9.17) is 23.2 Å². The molecule has 0 aliphatic heterocycles. The topological polar surface area (TPSA) is 67.2 Å². The zero-order valence-electron chi connectivity index (χ0n) is 9.32. The van der Waals surface area contributed by atoms with Crippen molar-refractivity contribution in [1.82, 2.24) is 9.78 Å². The molecule has 0 aliphatic carbocycles. The average molecular weight is 286 g/mol. The van der Waals surface area contributed by atoms with Crippen LogP contribution in [-0.4, -0.2) is 20.8 Å². The van der Waals surface area contributed by atoms with E-state index in [2.05, 4.69) is 10.4 Å². The minimum absolute atomic E-state index is 0.0731. The molecule has 2 N–H and O–H groups in total. The van der Waals surface area contributed by atoms with Gasteiger partial charge in [0, 0.05) is 18.3 Å². The molecule has 0 fully saturated rings. The van der Waals surface area contributed by atoms with E-state index in [1.807, 2.05) is 0 Å². The summed E-state index contributed by atoms with van der Waals surface area (Å²) in [6.07, 6.45) is 2.97. The van der Waals surface area contributed by atoms with E-state index in [0.717, 1.165) is 0 Å². The summed E-state index contributed by atoms with van der Waals surface area (Å²) in [5.41, 5.74) is 0.523. The predicted molar refractivity (Wildman–Crippen MR) is 69.3 cm³/mol. The normalized spacial score (nSPS) is 10.4. The molecule has 0 atom stereocenters. The molecule has 1 amide bonds. The Hall–Kier alpha value is -1.72. The van der Waals surface area contributed by atoms with Gasteiger partial charge in [-0.2, -0.15) is 5.10 Å². The fourth-order valence-electron chi connectivity index (χ4n) is 1.39. The second kappa shape index (κ2) is 4.88. The second-order valence-electron chi connectivity index (χ2n) is 3.64. The van der Waals surface area contributed by atoms with Crippen molar-refractivity contribution in [3.05, 3.63) is 40.1 Å². The van der Waals surface area contributed by atoms with Crippen LogP contribution in [0.3, 0.4) is 0 Å².